The molecule has 19 heavy (non-hydrogen) atoms. The van der Waals surface area contributed by atoms with Crippen molar-refractivity contribution in [3.8, 4) is 5.75 Å². The number of nitrogens with two attached hydrogens (primary N) is 1. The Morgan fingerprint density at radius 2 is 1.79 bits per heavy atom. The van der Waals surface area contributed by atoms with Crippen molar-refractivity contribution in [3.05, 3.63) is 28.8 Å². The van der Waals surface area contributed by atoms with Gasteiger partial charge >= 0.3 is 0 Å². The van der Waals surface area contributed by atoms with Gasteiger partial charge in [0.05, 0.1) is 0 Å². The minimum atomic E-state index is -0.472. The van der Waals surface area contributed by atoms with Gasteiger partial charge in [0, 0.05) is 6.04 Å². The van der Waals surface area contributed by atoms with Crippen molar-refractivity contribution >= 4 is 5.91 Å². The molecular weight excluding hydrogens is 240 g/mol. The Morgan fingerprint density at radius 1 is 1.26 bits per heavy atom. The van der Waals surface area contributed by atoms with Crippen LogP contribution in [0.4, 0.5) is 0 Å². The Labute approximate surface area is 115 Å². The number of ether oxygens (including phenoxy) is 1. The van der Waals surface area contributed by atoms with E-state index < -0.39 is 11.9 Å². The summed E-state index contributed by atoms with van der Waals surface area (Å²) in [7, 11) is 0. The Kier molecular flexibility index (Phi) is 5.36. The number of aryl methyl sites for hydroxylation is 3. The van der Waals surface area contributed by atoms with Crippen molar-refractivity contribution in [3.63, 3.8) is 0 Å². The van der Waals surface area contributed by atoms with E-state index in [1.54, 1.807) is 0 Å². The molecule has 1 rings (SSSR count). The minimum Gasteiger partial charge on any atom is -0.491 e. The number of benzene rings is 1. The van der Waals surface area contributed by atoms with E-state index in [-0.39, 0.29) is 12.6 Å². The normalized spacial score (nSPS) is 12.5. The zero-order valence-corrected chi connectivity index (χ0v) is 12.4. The average Bonchev–Trinajstić information content (AvgIpc) is 2.25. The summed E-state index contributed by atoms with van der Waals surface area (Å²) >= 11 is 0. The van der Waals surface area contributed by atoms with Crippen LogP contribution in [0.2, 0.25) is 0 Å². The summed E-state index contributed by atoms with van der Waals surface area (Å²) in [4.78, 5) is 11.4. The van der Waals surface area contributed by atoms with Crippen molar-refractivity contribution in [2.75, 3.05) is 6.61 Å². The largest absolute Gasteiger partial charge is 0.491 e. The lowest BCUT2D eigenvalue weighted by Crippen LogP contribution is -2.48. The number of carbonyl (C=O) groups is 1. The quantitative estimate of drug-likeness (QED) is 0.824. The monoisotopic (exact) mass is 264 g/mol. The van der Waals surface area contributed by atoms with Gasteiger partial charge in [-0.15, -0.1) is 0 Å². The van der Waals surface area contributed by atoms with E-state index in [0.29, 0.717) is 0 Å². The SMILES string of the molecule is Cc1cc(C)c(OCC(NC(C)C)C(N)=O)c(C)c1. The standard InChI is InChI=1S/C15H24N2O2/c1-9(2)17-13(15(16)18)8-19-14-11(4)6-10(3)7-12(14)5/h6-7,9,13,17H,8H2,1-5H3,(H2,16,18). The highest BCUT2D eigenvalue weighted by molar-refractivity contribution is 5.80. The van der Waals surface area contributed by atoms with Crippen LogP contribution in [0.15, 0.2) is 12.1 Å². The maximum Gasteiger partial charge on any atom is 0.238 e. The zero-order chi connectivity index (χ0) is 14.6. The number of hydrogen-bond donors (Lipinski definition) is 2. The number of amides is 1. The molecule has 0 saturated carbocycles. The van der Waals surface area contributed by atoms with Crippen LogP contribution in [0.25, 0.3) is 0 Å². The molecule has 0 bridgehead atoms. The van der Waals surface area contributed by atoms with Crippen molar-refractivity contribution in [1.29, 1.82) is 0 Å². The third-order valence-corrected chi connectivity index (χ3v) is 2.88. The van der Waals surface area contributed by atoms with Gasteiger partial charge in [-0.3, -0.25) is 4.79 Å². The maximum absolute atomic E-state index is 11.4. The highest BCUT2D eigenvalue weighted by atomic mass is 16.5. The lowest BCUT2D eigenvalue weighted by atomic mass is 10.1. The van der Waals surface area contributed by atoms with Gasteiger partial charge in [0.2, 0.25) is 5.91 Å². The summed E-state index contributed by atoms with van der Waals surface area (Å²) in [5, 5.41) is 3.10. The molecule has 0 radical (unpaired) electrons. The third kappa shape index (κ3) is 4.56. The smallest absolute Gasteiger partial charge is 0.238 e. The second kappa shape index (κ2) is 6.57. The molecule has 1 aromatic carbocycles. The van der Waals surface area contributed by atoms with Crippen molar-refractivity contribution < 1.29 is 9.53 Å². The zero-order valence-electron chi connectivity index (χ0n) is 12.4. The Balaban J connectivity index is 2.77. The summed E-state index contributed by atoms with van der Waals surface area (Å²) in [6.07, 6.45) is 0. The van der Waals surface area contributed by atoms with Gasteiger partial charge in [-0.05, 0) is 31.9 Å². The van der Waals surface area contributed by atoms with Gasteiger partial charge in [-0.2, -0.15) is 0 Å². The molecule has 0 fully saturated rings. The number of primary amides is 1. The van der Waals surface area contributed by atoms with Crippen LogP contribution in [0.5, 0.6) is 5.75 Å². The summed E-state index contributed by atoms with van der Waals surface area (Å²) in [6, 6.07) is 3.84. The summed E-state index contributed by atoms with van der Waals surface area (Å²) in [5.74, 6) is 0.443. The van der Waals surface area contributed by atoms with Gasteiger partial charge in [0.1, 0.15) is 18.4 Å². The number of rotatable bonds is 6. The van der Waals surface area contributed by atoms with Gasteiger partial charge in [-0.1, -0.05) is 31.5 Å². The molecule has 3 N–H and O–H groups in total. The van der Waals surface area contributed by atoms with E-state index in [0.717, 1.165) is 16.9 Å². The Morgan fingerprint density at radius 3 is 2.21 bits per heavy atom. The van der Waals surface area contributed by atoms with Crippen LogP contribution < -0.4 is 15.8 Å². The molecule has 0 spiro atoms. The molecular formula is C15H24N2O2. The highest BCUT2D eigenvalue weighted by Gasteiger charge is 2.17. The molecule has 0 saturated heterocycles. The first-order chi connectivity index (χ1) is 8.81. The topological polar surface area (TPSA) is 64.3 Å². The molecule has 106 valence electrons. The molecule has 0 aromatic heterocycles. The van der Waals surface area contributed by atoms with Crippen molar-refractivity contribution in [1.82, 2.24) is 5.32 Å². The highest BCUT2D eigenvalue weighted by Crippen LogP contribution is 2.24. The van der Waals surface area contributed by atoms with E-state index in [1.165, 1.54) is 5.56 Å². The fraction of sp³-hybridized carbons (Fsp3) is 0.533. The van der Waals surface area contributed by atoms with Crippen LogP contribution in [-0.2, 0) is 4.79 Å². The van der Waals surface area contributed by atoms with E-state index in [4.69, 9.17) is 10.5 Å². The first-order valence-electron chi connectivity index (χ1n) is 6.57. The molecule has 0 aliphatic heterocycles. The van der Waals surface area contributed by atoms with E-state index in [2.05, 4.69) is 24.4 Å². The first kappa shape index (κ1) is 15.5. The van der Waals surface area contributed by atoms with Crippen molar-refractivity contribution in [2.45, 2.75) is 46.7 Å². The van der Waals surface area contributed by atoms with Gasteiger partial charge < -0.3 is 15.8 Å². The van der Waals surface area contributed by atoms with E-state index in [1.807, 2.05) is 27.7 Å². The fourth-order valence-electron chi connectivity index (χ4n) is 2.18. The third-order valence-electron chi connectivity index (χ3n) is 2.88. The lowest BCUT2D eigenvalue weighted by Gasteiger charge is -2.20. The molecule has 0 aliphatic carbocycles. The van der Waals surface area contributed by atoms with Crippen LogP contribution in [0.3, 0.4) is 0 Å². The summed E-state index contributed by atoms with van der Waals surface area (Å²) < 4.78 is 5.78. The van der Waals surface area contributed by atoms with E-state index >= 15 is 0 Å². The Hall–Kier alpha value is -1.55. The molecule has 4 nitrogen and oxygen atoms in total. The van der Waals surface area contributed by atoms with Crippen LogP contribution in [-0.4, -0.2) is 24.6 Å². The molecule has 0 heterocycles. The second-order valence-corrected chi connectivity index (χ2v) is 5.32. The molecule has 1 unspecified atom stereocenters. The fourth-order valence-corrected chi connectivity index (χ4v) is 2.18. The second-order valence-electron chi connectivity index (χ2n) is 5.32. The first-order valence-corrected chi connectivity index (χ1v) is 6.57. The van der Waals surface area contributed by atoms with Crippen molar-refractivity contribution in [2.24, 2.45) is 5.73 Å². The summed E-state index contributed by atoms with van der Waals surface area (Å²) in [5.41, 5.74) is 8.72. The maximum atomic E-state index is 11.4. The van der Waals surface area contributed by atoms with Crippen LogP contribution in [0, 0.1) is 20.8 Å². The number of nitrogens with one attached hydrogen (secondary N) is 1. The van der Waals surface area contributed by atoms with Gasteiger partial charge in [-0.25, -0.2) is 0 Å². The van der Waals surface area contributed by atoms with Crippen LogP contribution in [0.1, 0.15) is 30.5 Å². The predicted molar refractivity (Wildman–Crippen MR) is 77.4 cm³/mol. The summed E-state index contributed by atoms with van der Waals surface area (Å²) in [6.45, 7) is 10.3. The van der Waals surface area contributed by atoms with Gasteiger partial charge in [0.15, 0.2) is 0 Å². The predicted octanol–water partition coefficient (Wildman–Crippen LogP) is 1.84. The van der Waals surface area contributed by atoms with E-state index in [9.17, 15) is 4.79 Å². The molecule has 1 atom stereocenters. The molecule has 1 aromatic rings. The Bertz CT molecular complexity index is 432. The van der Waals surface area contributed by atoms with Gasteiger partial charge in [0.25, 0.3) is 0 Å². The average molecular weight is 264 g/mol. The molecule has 0 aliphatic rings. The van der Waals surface area contributed by atoms with Crippen LogP contribution >= 0.6 is 0 Å². The minimum absolute atomic E-state index is 0.182. The lowest BCUT2D eigenvalue weighted by molar-refractivity contribution is -0.120. The molecule has 4 heteroatoms. The number of hydrogen-bond acceptors (Lipinski definition) is 3. The number of carbonyl (C=O) groups excluding carboxylic acids is 1. The molecule has 1 amide bonds.